The number of fused-ring (bicyclic) bond motifs is 4. The molecular weight excluding hydrogens is 904 g/mol. The molecule has 290 valence electrons. The molecular formula is C53H40N4OPt-2. The zero-order valence-corrected chi connectivity index (χ0v) is 34.8. The van der Waals surface area contributed by atoms with Crippen LogP contribution < -0.4 is 9.30 Å². The molecule has 10 rings (SSSR count). The van der Waals surface area contributed by atoms with Crippen LogP contribution in [-0.2, 0) is 27.5 Å². The maximum absolute atomic E-state index is 9.32. The molecule has 10 aromatic rings. The van der Waals surface area contributed by atoms with Crippen LogP contribution in [0, 0.1) is 23.9 Å². The third kappa shape index (κ3) is 7.28. The monoisotopic (exact) mass is 949 g/mol. The first-order valence-corrected chi connectivity index (χ1v) is 19.2. The molecule has 0 amide bonds. The first-order valence-electron chi connectivity index (χ1n) is 22.2. The molecule has 0 saturated heterocycles. The smallest absolute Gasteiger partial charge is 0.268 e. The van der Waals surface area contributed by atoms with Crippen LogP contribution in [0.2, 0.25) is 0 Å². The summed E-state index contributed by atoms with van der Waals surface area (Å²) in [5.74, 6) is 0.578. The zero-order chi connectivity index (χ0) is 44.4. The summed E-state index contributed by atoms with van der Waals surface area (Å²) in [4.78, 5) is 4.67. The van der Waals surface area contributed by atoms with Crippen molar-refractivity contribution in [3.63, 3.8) is 0 Å². The Morgan fingerprint density at radius 1 is 0.678 bits per heavy atom. The predicted octanol–water partition coefficient (Wildman–Crippen LogP) is 12.5. The minimum atomic E-state index is -0.431. The van der Waals surface area contributed by atoms with Gasteiger partial charge in [0.1, 0.15) is 5.82 Å². The molecule has 0 spiro atoms. The van der Waals surface area contributed by atoms with Crippen molar-refractivity contribution in [1.29, 1.82) is 0 Å². The van der Waals surface area contributed by atoms with E-state index in [2.05, 4.69) is 97.3 Å². The summed E-state index contributed by atoms with van der Waals surface area (Å²) in [7, 11) is 0. The van der Waals surface area contributed by atoms with Gasteiger partial charge in [-0.1, -0.05) is 148 Å². The second-order valence-corrected chi connectivity index (χ2v) is 15.4. The number of rotatable bonds is 8. The van der Waals surface area contributed by atoms with Crippen molar-refractivity contribution >= 4 is 32.8 Å². The summed E-state index contributed by atoms with van der Waals surface area (Å²) in [6.07, 6.45) is 6.05. The van der Waals surface area contributed by atoms with Crippen molar-refractivity contribution in [3.05, 3.63) is 200 Å². The van der Waals surface area contributed by atoms with Gasteiger partial charge in [0.25, 0.3) is 6.33 Å². The Hall–Kier alpha value is -6.55. The van der Waals surface area contributed by atoms with Crippen LogP contribution in [-0.4, -0.2) is 14.1 Å². The van der Waals surface area contributed by atoms with Gasteiger partial charge in [-0.15, -0.1) is 29.6 Å². The SMILES string of the molecule is [2H]c1c(Oc2[c-]c(-n3[c-][n+](-c4c(-c5ccccc5)cccc4-c4ccccc4)c4ccccc43)ccc2)[c-]c2c(c1[2H])c1c([2H])c([2H])c([2H])c([2H])c1n2-c1cc(CC(C)(C)C)ccn1.[Pt]. The molecule has 5 nitrogen and oxygen atoms in total. The molecule has 0 bridgehead atoms. The van der Waals surface area contributed by atoms with Gasteiger partial charge in [0.05, 0.1) is 22.2 Å². The minimum Gasteiger partial charge on any atom is -0.510 e. The molecule has 0 fully saturated rings. The first kappa shape index (κ1) is 31.4. The maximum atomic E-state index is 9.32. The van der Waals surface area contributed by atoms with Gasteiger partial charge in [0.15, 0.2) is 0 Å². The van der Waals surface area contributed by atoms with Gasteiger partial charge in [-0.2, -0.15) is 18.2 Å². The third-order valence-electron chi connectivity index (χ3n) is 10.1. The van der Waals surface area contributed by atoms with E-state index in [1.165, 1.54) is 0 Å². The van der Waals surface area contributed by atoms with E-state index in [9.17, 15) is 2.74 Å². The Kier molecular flexibility index (Phi) is 8.34. The number of aromatic nitrogens is 4. The van der Waals surface area contributed by atoms with Crippen LogP contribution in [0.3, 0.4) is 0 Å². The van der Waals surface area contributed by atoms with Crippen LogP contribution in [0.25, 0.3) is 72.3 Å². The van der Waals surface area contributed by atoms with E-state index in [1.807, 2.05) is 83.4 Å². The van der Waals surface area contributed by atoms with E-state index in [0.717, 1.165) is 51.0 Å². The molecule has 0 atom stereocenters. The number of hydrogen-bond donors (Lipinski definition) is 0. The summed E-state index contributed by atoms with van der Waals surface area (Å²) < 4.78 is 65.7. The van der Waals surface area contributed by atoms with Crippen molar-refractivity contribution in [3.8, 4) is 50.9 Å². The maximum Gasteiger partial charge on any atom is 0.268 e. The van der Waals surface area contributed by atoms with E-state index < -0.39 is 12.1 Å². The van der Waals surface area contributed by atoms with Crippen LogP contribution >= 0.6 is 0 Å². The van der Waals surface area contributed by atoms with Crippen LogP contribution in [0.4, 0.5) is 0 Å². The molecule has 0 unspecified atom stereocenters. The van der Waals surface area contributed by atoms with Gasteiger partial charge in [-0.3, -0.25) is 4.57 Å². The molecule has 0 aliphatic heterocycles. The van der Waals surface area contributed by atoms with Crippen LogP contribution in [0.1, 0.15) is 34.6 Å². The number of benzene rings is 7. The molecule has 0 N–H and O–H groups in total. The van der Waals surface area contributed by atoms with Crippen molar-refractivity contribution in [2.24, 2.45) is 5.41 Å². The van der Waals surface area contributed by atoms with Crippen LogP contribution in [0.15, 0.2) is 176 Å². The number of imidazole rings is 1. The molecule has 0 aliphatic carbocycles. The fourth-order valence-electron chi connectivity index (χ4n) is 7.71. The molecule has 59 heavy (non-hydrogen) atoms. The van der Waals surface area contributed by atoms with Crippen molar-refractivity contribution in [2.45, 2.75) is 27.2 Å². The van der Waals surface area contributed by atoms with E-state index in [4.69, 9.17) is 10.2 Å². The Morgan fingerprint density at radius 2 is 1.37 bits per heavy atom. The molecule has 0 aliphatic rings. The summed E-state index contributed by atoms with van der Waals surface area (Å²) >= 11 is 0. The number of para-hydroxylation sites is 4. The molecule has 0 radical (unpaired) electrons. The summed E-state index contributed by atoms with van der Waals surface area (Å²) in [5.41, 5.74) is 8.88. The second kappa shape index (κ2) is 15.7. The standard InChI is InChI=1S/C53H40N4O.Pt/c1-53(2,3)35-37-30-31-54-51(32-37)57-47-25-11-10-22-45(47)46-29-28-42(34-50(46)57)58-41-21-14-20-40(33-41)55-36-56(49-27-13-12-26-48(49)55)52-43(38-16-6-4-7-17-38)23-15-24-44(52)39-18-8-5-9-19-39;/h4-32H,35H2,1-3H3;/q-2;/i10D,11D,22D,25D,28D,29D;. The van der Waals surface area contributed by atoms with Crippen molar-refractivity contribution in [1.82, 2.24) is 14.1 Å². The molecule has 6 heteroatoms. The van der Waals surface area contributed by atoms with E-state index in [1.54, 1.807) is 16.8 Å². The largest absolute Gasteiger partial charge is 0.510 e. The molecule has 7 aromatic carbocycles. The first-order chi connectivity index (χ1) is 30.9. The van der Waals surface area contributed by atoms with Gasteiger partial charge < -0.3 is 13.9 Å². The number of hydrogen-bond acceptors (Lipinski definition) is 2. The van der Waals surface area contributed by atoms with Gasteiger partial charge >= 0.3 is 0 Å². The molecule has 3 aromatic heterocycles. The van der Waals surface area contributed by atoms with Gasteiger partial charge in [-0.25, -0.2) is 4.98 Å². The van der Waals surface area contributed by atoms with Crippen molar-refractivity contribution < 1.29 is 38.6 Å². The topological polar surface area (TPSA) is 35.9 Å². The van der Waals surface area contributed by atoms with E-state index in [-0.39, 0.29) is 84.0 Å². The molecule has 3 heterocycles. The summed E-state index contributed by atoms with van der Waals surface area (Å²) in [6.45, 7) is 6.41. The quantitative estimate of drug-likeness (QED) is 0.112. The zero-order valence-electron chi connectivity index (χ0n) is 38.5. The second-order valence-electron chi connectivity index (χ2n) is 15.4. The van der Waals surface area contributed by atoms with E-state index in [0.29, 0.717) is 11.5 Å². The van der Waals surface area contributed by atoms with Gasteiger partial charge in [0, 0.05) is 45.6 Å². The summed E-state index contributed by atoms with van der Waals surface area (Å²) in [6, 6.07) is 48.9. The summed E-state index contributed by atoms with van der Waals surface area (Å²) in [5, 5.41) is 0.273. The average Bonchev–Trinajstić information content (AvgIpc) is 3.86. The normalized spacial score (nSPS) is 13.0. The Bertz CT molecular complexity index is 3400. The number of nitrogens with zero attached hydrogens (tertiary/aromatic N) is 4. The Morgan fingerprint density at radius 3 is 2.12 bits per heavy atom. The number of pyridine rings is 1. The average molecular weight is 950 g/mol. The predicted molar refractivity (Wildman–Crippen MR) is 234 cm³/mol. The van der Waals surface area contributed by atoms with Crippen LogP contribution in [0.5, 0.6) is 11.5 Å². The number of ether oxygens (including phenoxy) is 1. The van der Waals surface area contributed by atoms with Crippen molar-refractivity contribution in [2.75, 3.05) is 0 Å². The van der Waals surface area contributed by atoms with Gasteiger partial charge in [0.2, 0.25) is 0 Å². The minimum absolute atomic E-state index is 0. The third-order valence-corrected chi connectivity index (χ3v) is 10.1. The molecule has 0 saturated carbocycles. The Labute approximate surface area is 367 Å². The fourth-order valence-corrected chi connectivity index (χ4v) is 7.71. The Balaban J connectivity index is 0.00000533. The van der Waals surface area contributed by atoms with E-state index >= 15 is 0 Å². The fraction of sp³-hybridized carbons (Fsp3) is 0.0943. The van der Waals surface area contributed by atoms with Gasteiger partial charge in [-0.05, 0) is 70.3 Å².